The number of benzene rings is 6. The monoisotopic (exact) mass is 1120 g/mol. The Morgan fingerprint density at radius 1 is 0.644 bits per heavy atom. The first-order valence-corrected chi connectivity index (χ1v) is 26.4. The van der Waals surface area contributed by atoms with Gasteiger partial charge in [-0.05, 0) is 98.2 Å². The Morgan fingerprint density at radius 2 is 1.25 bits per heavy atom. The molecule has 0 bridgehead atoms. The molecule has 1 atom stereocenters. The third-order valence-corrected chi connectivity index (χ3v) is 14.2. The van der Waals surface area contributed by atoms with Gasteiger partial charge in [-0.15, -0.1) is 4.57 Å². The Balaban J connectivity index is 0.00000329. The van der Waals surface area contributed by atoms with Crippen LogP contribution in [-0.2, 0) is 41.5 Å². The van der Waals surface area contributed by atoms with E-state index in [1.807, 2.05) is 6.92 Å². The SMILES string of the molecule is CC[NH+](Cc1cccc(S(=O)(=O)[O-])c1)c1ccc2nc3ccc(Nc4ccc(Nc5nc(Cl)nc(Nc6cccc(P(=O)([O-])[O-])c6)n5)cc4S(=O)(=O)[O-])cc3[n+](-c3ccc(OC)c(S(=O)(=O)[O-])c3)c2c1.[Na+].[Na+].[Na+]. The zero-order valence-electron chi connectivity index (χ0n) is 39.1. The van der Waals surface area contributed by atoms with Crippen LogP contribution >= 0.6 is 19.2 Å². The van der Waals surface area contributed by atoms with E-state index in [-0.39, 0.29) is 151 Å². The van der Waals surface area contributed by atoms with E-state index >= 15 is 0 Å². The van der Waals surface area contributed by atoms with E-state index in [1.165, 1.54) is 61.7 Å². The van der Waals surface area contributed by atoms with Crippen molar-refractivity contribution in [1.82, 2.24) is 19.9 Å². The van der Waals surface area contributed by atoms with E-state index in [0.717, 1.165) is 29.2 Å². The van der Waals surface area contributed by atoms with Crippen LogP contribution in [0.1, 0.15) is 12.5 Å². The zero-order chi connectivity index (χ0) is 50.3. The maximum absolute atomic E-state index is 12.8. The average Bonchev–Trinajstić information content (AvgIpc) is 3.29. The Kier molecular flexibility index (Phi) is 19.8. The minimum Gasteiger partial charge on any atom is -0.807 e. The zero-order valence-corrected chi connectivity index (χ0v) is 49.2. The number of quaternary nitrogens is 1. The molecule has 4 N–H and O–H groups in total. The number of halogens is 1. The van der Waals surface area contributed by atoms with Gasteiger partial charge in [0.25, 0.3) is 0 Å². The minimum absolute atomic E-state index is 0. The Bertz CT molecular complexity index is 3810. The quantitative estimate of drug-likeness (QED) is 0.0230. The van der Waals surface area contributed by atoms with Crippen molar-refractivity contribution in [3.05, 3.63) is 132 Å². The molecule has 22 nitrogen and oxygen atoms in total. The van der Waals surface area contributed by atoms with E-state index in [9.17, 15) is 53.3 Å². The van der Waals surface area contributed by atoms with E-state index in [1.54, 1.807) is 47.0 Å². The van der Waals surface area contributed by atoms with E-state index in [4.69, 9.17) is 21.3 Å². The number of methoxy groups -OCH3 is 1. The van der Waals surface area contributed by atoms with Gasteiger partial charge in [0.05, 0.1) is 35.2 Å². The fraction of sp³-hybridized carbons (Fsp3) is 0.0930. The van der Waals surface area contributed by atoms with Gasteiger partial charge in [-0.2, -0.15) is 15.0 Å². The molecule has 1 unspecified atom stereocenters. The van der Waals surface area contributed by atoms with Gasteiger partial charge in [0.2, 0.25) is 33.9 Å². The molecule has 8 rings (SSSR count). The predicted molar refractivity (Wildman–Crippen MR) is 247 cm³/mol. The first-order chi connectivity index (χ1) is 33.0. The summed E-state index contributed by atoms with van der Waals surface area (Å²) >= 11 is 6.12. The van der Waals surface area contributed by atoms with Crippen LogP contribution < -0.4 is 134 Å². The summed E-state index contributed by atoms with van der Waals surface area (Å²) in [5.74, 6) is -0.635. The summed E-state index contributed by atoms with van der Waals surface area (Å²) in [7, 11) is -18.9. The van der Waals surface area contributed by atoms with Gasteiger partial charge in [-0.3, -0.25) is 4.90 Å². The van der Waals surface area contributed by atoms with Crippen LogP contribution in [0.2, 0.25) is 5.28 Å². The summed E-state index contributed by atoms with van der Waals surface area (Å²) in [4.78, 5) is 39.1. The molecule has 2 aromatic heterocycles. The number of fused-ring (bicyclic) bond motifs is 2. The molecular formula is C43H34ClN9Na3O13PS3. The normalized spacial score (nSPS) is 12.2. The Labute approximate surface area is 489 Å². The number of nitrogens with zero attached hydrogens (tertiary/aromatic N) is 5. The summed E-state index contributed by atoms with van der Waals surface area (Å²) in [6.07, 6.45) is 0. The van der Waals surface area contributed by atoms with Crippen LogP contribution in [0.25, 0.3) is 27.8 Å². The first kappa shape index (κ1) is 60.1. The van der Waals surface area contributed by atoms with Gasteiger partial charge in [-0.25, -0.2) is 30.2 Å². The molecule has 0 spiro atoms. The second-order valence-electron chi connectivity index (χ2n) is 15.2. The fourth-order valence-corrected chi connectivity index (χ4v) is 10.0. The van der Waals surface area contributed by atoms with Crippen molar-refractivity contribution in [3.63, 3.8) is 0 Å². The first-order valence-electron chi connectivity index (χ1n) is 20.3. The number of aromatic nitrogens is 5. The Morgan fingerprint density at radius 3 is 1.86 bits per heavy atom. The molecular weight excluding hydrogens is 1080 g/mol. The third kappa shape index (κ3) is 14.4. The van der Waals surface area contributed by atoms with Crippen molar-refractivity contribution in [2.24, 2.45) is 0 Å². The van der Waals surface area contributed by atoms with Crippen LogP contribution in [0.4, 0.5) is 40.3 Å². The Hall–Kier alpha value is -3.74. The van der Waals surface area contributed by atoms with Crippen LogP contribution in [0.5, 0.6) is 5.75 Å². The van der Waals surface area contributed by atoms with Crippen LogP contribution in [-0.4, -0.2) is 72.5 Å². The van der Waals surface area contributed by atoms with Crippen LogP contribution in [0.15, 0.2) is 136 Å². The minimum atomic E-state index is -5.22. The number of rotatable bonds is 16. The summed E-state index contributed by atoms with van der Waals surface area (Å²) in [6, 6.07) is 28.2. The van der Waals surface area contributed by atoms with Gasteiger partial charge in [0, 0.05) is 46.9 Å². The van der Waals surface area contributed by atoms with Gasteiger partial charge < -0.3 is 48.7 Å². The summed E-state index contributed by atoms with van der Waals surface area (Å²) in [5.41, 5.74) is 3.06. The molecule has 0 aliphatic carbocycles. The molecule has 0 aliphatic heterocycles. The van der Waals surface area contributed by atoms with Crippen molar-refractivity contribution < 1.29 is 156 Å². The van der Waals surface area contributed by atoms with Crippen molar-refractivity contribution in [2.75, 3.05) is 29.6 Å². The number of hydrogen-bond acceptors (Lipinski definition) is 20. The number of nitrogens with one attached hydrogen (secondary N) is 4. The fourth-order valence-electron chi connectivity index (χ4n) is 7.46. The molecule has 6 aromatic carbocycles. The summed E-state index contributed by atoms with van der Waals surface area (Å²) < 4.78 is 130. The number of anilines is 6. The van der Waals surface area contributed by atoms with Crippen molar-refractivity contribution in [3.8, 4) is 11.4 Å². The summed E-state index contributed by atoms with van der Waals surface area (Å²) in [5, 5.41) is 7.59. The molecule has 0 aliphatic rings. The van der Waals surface area contributed by atoms with E-state index < -0.39 is 53.0 Å². The molecule has 8 aromatic rings. The van der Waals surface area contributed by atoms with Crippen molar-refractivity contribution >= 4 is 117 Å². The van der Waals surface area contributed by atoms with Crippen molar-refractivity contribution in [1.29, 1.82) is 0 Å². The molecule has 73 heavy (non-hydrogen) atoms. The van der Waals surface area contributed by atoms with E-state index in [2.05, 4.69) is 30.9 Å². The average molecular weight is 1120 g/mol. The van der Waals surface area contributed by atoms with Gasteiger partial charge in [0.15, 0.2) is 0 Å². The molecule has 0 fully saturated rings. The molecule has 0 radical (unpaired) electrons. The van der Waals surface area contributed by atoms with Gasteiger partial charge in [-0.1, -0.05) is 24.3 Å². The maximum atomic E-state index is 12.8. The second-order valence-corrected chi connectivity index (χ2v) is 21.1. The van der Waals surface area contributed by atoms with Crippen molar-refractivity contribution in [2.45, 2.75) is 28.2 Å². The largest absolute Gasteiger partial charge is 1.00 e. The molecule has 0 saturated carbocycles. The van der Waals surface area contributed by atoms with Crippen LogP contribution in [0, 0.1) is 0 Å². The van der Waals surface area contributed by atoms with Gasteiger partial charge >= 0.3 is 88.7 Å². The maximum Gasteiger partial charge on any atom is 1.00 e. The summed E-state index contributed by atoms with van der Waals surface area (Å²) in [6.45, 7) is 2.62. The standard InChI is InChI=1S/C43H37ClN9O13PS3.3Na/c1-3-52(24-25-6-4-9-32(18-25)68(57,58)59)29-12-16-34-37(22-29)53(30-13-17-38(66-2)40(23-30)70(63,64)65)36-20-27(10-14-33(36)48-34)45-35-15-11-28(21-39(35)69(60,61)62)47-43-50-41(44)49-42(51-43)46-26-7-5-8-31(19-26)67(54,55)56;;;/h4-23H,3,24H2,1-2H3,(H7,46,47,48,49,50,51,54,55,56,57,58,59,60,61,62,63,64,65);;;/q;3*+1/p-3. The van der Waals surface area contributed by atoms with Crippen LogP contribution in [0.3, 0.4) is 0 Å². The molecule has 30 heteroatoms. The smallest absolute Gasteiger partial charge is 0.807 e. The predicted octanol–water partition coefficient (Wildman–Crippen LogP) is -6.26. The molecule has 2 heterocycles. The molecule has 0 amide bonds. The second kappa shape index (κ2) is 24.1. The molecule has 362 valence electrons. The topological polar surface area (TPSA) is 340 Å². The number of hydrogen-bond donors (Lipinski definition) is 4. The molecule has 0 saturated heterocycles. The van der Waals surface area contributed by atoms with E-state index in [0.29, 0.717) is 39.9 Å². The third-order valence-electron chi connectivity index (χ3n) is 10.6. The number of ether oxygens (including phenoxy) is 1. The van der Waals surface area contributed by atoms with Gasteiger partial charge in [0.1, 0.15) is 64.3 Å².